The summed E-state index contributed by atoms with van der Waals surface area (Å²) < 4.78 is 13.1. The van der Waals surface area contributed by atoms with Crippen LogP contribution >= 0.6 is 0 Å². The van der Waals surface area contributed by atoms with Crippen LogP contribution in [0.3, 0.4) is 0 Å². The van der Waals surface area contributed by atoms with Crippen molar-refractivity contribution in [1.29, 1.82) is 0 Å². The molecule has 2 aromatic rings. The van der Waals surface area contributed by atoms with Crippen LogP contribution in [0, 0.1) is 12.7 Å². The quantitative estimate of drug-likeness (QED) is 0.214. The summed E-state index contributed by atoms with van der Waals surface area (Å²) in [6.45, 7) is 1.37. The Morgan fingerprint density at radius 3 is 2.38 bits per heavy atom. The van der Waals surface area contributed by atoms with Gasteiger partial charge in [0.25, 0.3) is 5.91 Å². The molecule has 0 fully saturated rings. The molecule has 24 heavy (non-hydrogen) atoms. The zero-order valence-electron chi connectivity index (χ0n) is 12.3. The minimum Gasteiger partial charge on any atom is -0.505 e. The van der Waals surface area contributed by atoms with Gasteiger partial charge in [-0.1, -0.05) is 5.16 Å². The van der Waals surface area contributed by atoms with Crippen molar-refractivity contribution in [1.82, 2.24) is 10.5 Å². The first kappa shape index (κ1) is 17.1. The number of halogens is 1. The highest BCUT2D eigenvalue weighted by Crippen LogP contribution is 2.31. The van der Waals surface area contributed by atoms with Crippen molar-refractivity contribution in [3.8, 4) is 5.75 Å². The summed E-state index contributed by atoms with van der Waals surface area (Å²) in [6.07, 6.45) is 0. The number of pyridine rings is 1. The number of hydroxylamine groups is 1. The molecule has 6 N–H and O–H groups in total. The number of nitrogens with zero attached hydrogens (tertiary/aromatic N) is 2. The molecule has 1 aromatic carbocycles. The van der Waals surface area contributed by atoms with Gasteiger partial charge in [0.1, 0.15) is 11.5 Å². The van der Waals surface area contributed by atoms with Crippen molar-refractivity contribution >= 4 is 17.4 Å². The van der Waals surface area contributed by atoms with E-state index in [0.717, 1.165) is 12.1 Å². The zero-order valence-corrected chi connectivity index (χ0v) is 12.3. The first-order valence-corrected chi connectivity index (χ1v) is 6.51. The van der Waals surface area contributed by atoms with Gasteiger partial charge in [-0.2, -0.15) is 0 Å². The van der Waals surface area contributed by atoms with Gasteiger partial charge in [0.15, 0.2) is 17.3 Å². The van der Waals surface area contributed by atoms with Gasteiger partial charge in [-0.3, -0.25) is 20.7 Å². The molecule has 0 unspecified atom stereocenters. The van der Waals surface area contributed by atoms with Crippen LogP contribution in [-0.2, 0) is 0 Å². The van der Waals surface area contributed by atoms with E-state index in [0.29, 0.717) is 0 Å². The molecule has 1 amide bonds. The molecule has 126 valence electrons. The van der Waals surface area contributed by atoms with Crippen LogP contribution in [-0.4, -0.2) is 37.3 Å². The molecule has 0 saturated heterocycles. The number of amides is 1. The third kappa shape index (κ3) is 2.95. The Labute approximate surface area is 134 Å². The lowest BCUT2D eigenvalue weighted by Gasteiger charge is -2.15. The van der Waals surface area contributed by atoms with Gasteiger partial charge in [-0.25, -0.2) is 14.9 Å². The Kier molecular flexibility index (Phi) is 4.92. The Morgan fingerprint density at radius 2 is 1.88 bits per heavy atom. The molecule has 10 heteroatoms. The average Bonchev–Trinajstić information content (AvgIpc) is 2.60. The fourth-order valence-corrected chi connectivity index (χ4v) is 2.14. The van der Waals surface area contributed by atoms with E-state index in [1.54, 1.807) is 5.48 Å². The second-order valence-corrected chi connectivity index (χ2v) is 4.67. The molecule has 9 nitrogen and oxygen atoms in total. The number of aromatic nitrogens is 1. The molecule has 0 radical (unpaired) electrons. The van der Waals surface area contributed by atoms with Crippen LogP contribution in [0.2, 0.25) is 0 Å². The topological polar surface area (TPSA) is 147 Å². The summed E-state index contributed by atoms with van der Waals surface area (Å²) in [5.41, 5.74) is 2.60. The Hall–Kier alpha value is -3.24. The van der Waals surface area contributed by atoms with Crippen LogP contribution in [0.4, 0.5) is 10.2 Å². The number of hydrogen-bond acceptors (Lipinski definition) is 8. The number of hydrogen-bond donors (Lipinski definition) is 6. The molecular weight excluding hydrogens is 323 g/mol. The molecular formula is C14H13FN4O5. The first-order chi connectivity index (χ1) is 11.4. The third-order valence-corrected chi connectivity index (χ3v) is 3.29. The molecule has 0 aliphatic heterocycles. The van der Waals surface area contributed by atoms with Gasteiger partial charge in [0.2, 0.25) is 0 Å². The fourth-order valence-electron chi connectivity index (χ4n) is 2.14. The van der Waals surface area contributed by atoms with Gasteiger partial charge in [0.05, 0.1) is 5.56 Å². The molecule has 1 heterocycles. The molecule has 0 bridgehead atoms. The highest BCUT2D eigenvalue weighted by atomic mass is 19.1. The van der Waals surface area contributed by atoms with Crippen LogP contribution in [0.5, 0.6) is 5.75 Å². The molecule has 0 aliphatic rings. The van der Waals surface area contributed by atoms with E-state index in [1.165, 1.54) is 24.5 Å². The molecule has 0 saturated carbocycles. The number of rotatable bonds is 4. The van der Waals surface area contributed by atoms with Crippen molar-refractivity contribution in [3.63, 3.8) is 0 Å². The summed E-state index contributed by atoms with van der Waals surface area (Å²) in [4.78, 5) is 15.2. The van der Waals surface area contributed by atoms with E-state index in [1.807, 2.05) is 0 Å². The molecule has 0 aliphatic carbocycles. The highest BCUT2D eigenvalue weighted by Gasteiger charge is 2.25. The average molecular weight is 336 g/mol. The number of carbonyl (C=O) groups is 1. The van der Waals surface area contributed by atoms with E-state index in [9.17, 15) is 24.7 Å². The molecule has 1 aromatic heterocycles. The zero-order chi connectivity index (χ0) is 17.9. The predicted molar refractivity (Wildman–Crippen MR) is 79.1 cm³/mol. The van der Waals surface area contributed by atoms with Crippen LogP contribution in [0.15, 0.2) is 29.4 Å². The van der Waals surface area contributed by atoms with E-state index in [-0.39, 0.29) is 28.2 Å². The SMILES string of the molecule is Cc1c(O)c(C(=O)NO)nc(NO)c1C(=NO)c1ccc(F)cc1. The maximum absolute atomic E-state index is 13.1. The molecule has 0 atom stereocenters. The summed E-state index contributed by atoms with van der Waals surface area (Å²) in [6, 6.07) is 4.89. The maximum Gasteiger partial charge on any atom is 0.297 e. The number of anilines is 1. The van der Waals surface area contributed by atoms with Gasteiger partial charge in [0, 0.05) is 11.1 Å². The standard InChI is InChI=1S/C14H13FN4O5/c1-6-9(10(17-22)7-2-4-8(15)5-3-7)13(18-23)16-11(12(6)20)14(21)19-24/h2-5,20,22-24H,1H3,(H,16,18)(H,19,21). The number of oxime groups is 1. The maximum atomic E-state index is 13.1. The van der Waals surface area contributed by atoms with Gasteiger partial charge in [-0.15, -0.1) is 0 Å². The summed E-state index contributed by atoms with van der Waals surface area (Å²) in [5.74, 6) is -2.54. The predicted octanol–water partition coefficient (Wildman–Crippen LogP) is 1.38. The molecule has 0 spiro atoms. The molecule has 2 rings (SSSR count). The minimum absolute atomic E-state index is 0.0253. The number of aromatic hydroxyl groups is 1. The van der Waals surface area contributed by atoms with E-state index in [2.05, 4.69) is 10.1 Å². The lowest BCUT2D eigenvalue weighted by Crippen LogP contribution is -2.22. The van der Waals surface area contributed by atoms with Gasteiger partial charge in [-0.05, 0) is 31.2 Å². The smallest absolute Gasteiger partial charge is 0.297 e. The second-order valence-electron chi connectivity index (χ2n) is 4.67. The normalized spacial score (nSPS) is 11.2. The third-order valence-electron chi connectivity index (χ3n) is 3.29. The Bertz CT molecular complexity index is 808. The lowest BCUT2D eigenvalue weighted by atomic mass is 9.97. The Morgan fingerprint density at radius 1 is 1.25 bits per heavy atom. The van der Waals surface area contributed by atoms with E-state index in [4.69, 9.17) is 5.21 Å². The van der Waals surface area contributed by atoms with Crippen LogP contribution < -0.4 is 11.0 Å². The minimum atomic E-state index is -1.11. The van der Waals surface area contributed by atoms with Gasteiger partial charge < -0.3 is 10.3 Å². The summed E-state index contributed by atoms with van der Waals surface area (Å²) >= 11 is 0. The summed E-state index contributed by atoms with van der Waals surface area (Å²) in [5, 5.41) is 40.4. The van der Waals surface area contributed by atoms with Crippen LogP contribution in [0.1, 0.15) is 27.2 Å². The van der Waals surface area contributed by atoms with Crippen molar-refractivity contribution < 1.29 is 29.9 Å². The first-order valence-electron chi connectivity index (χ1n) is 6.51. The number of carbonyl (C=O) groups excluding carboxylic acids is 1. The fraction of sp³-hybridized carbons (Fsp3) is 0.0714. The van der Waals surface area contributed by atoms with Crippen molar-refractivity contribution in [3.05, 3.63) is 52.5 Å². The van der Waals surface area contributed by atoms with Crippen molar-refractivity contribution in [2.24, 2.45) is 5.16 Å². The van der Waals surface area contributed by atoms with E-state index < -0.39 is 23.2 Å². The second kappa shape index (κ2) is 6.89. The van der Waals surface area contributed by atoms with Crippen LogP contribution in [0.25, 0.3) is 0 Å². The van der Waals surface area contributed by atoms with Crippen molar-refractivity contribution in [2.45, 2.75) is 6.92 Å². The number of benzene rings is 1. The van der Waals surface area contributed by atoms with Gasteiger partial charge >= 0.3 is 0 Å². The monoisotopic (exact) mass is 336 g/mol. The Balaban J connectivity index is 2.70. The van der Waals surface area contributed by atoms with Crippen molar-refractivity contribution in [2.75, 3.05) is 5.48 Å². The summed E-state index contributed by atoms with van der Waals surface area (Å²) in [7, 11) is 0. The largest absolute Gasteiger partial charge is 0.505 e. The van der Waals surface area contributed by atoms with E-state index >= 15 is 0 Å². The lowest BCUT2D eigenvalue weighted by molar-refractivity contribution is 0.0697. The highest BCUT2D eigenvalue weighted by molar-refractivity contribution is 6.16. The number of nitrogens with one attached hydrogen (secondary N) is 2.